The van der Waals surface area contributed by atoms with Crippen LogP contribution in [0.1, 0.15) is 133 Å². The van der Waals surface area contributed by atoms with Crippen LogP contribution in [0.5, 0.6) is 0 Å². The van der Waals surface area contributed by atoms with E-state index in [1.807, 2.05) is 0 Å². The van der Waals surface area contributed by atoms with E-state index in [0.29, 0.717) is 7.92 Å². The van der Waals surface area contributed by atoms with Crippen molar-refractivity contribution in [2.75, 3.05) is 20.0 Å². The van der Waals surface area contributed by atoms with Gasteiger partial charge in [0.05, 0.1) is 0 Å². The molecular formula is C61H119Dy4MoPSi4. The van der Waals surface area contributed by atoms with Gasteiger partial charge < -0.3 is 15.7 Å². The van der Waals surface area contributed by atoms with Crippen molar-refractivity contribution in [2.24, 2.45) is 0 Å². The Morgan fingerprint density at radius 2 is 0.338 bits per heavy atom. The summed E-state index contributed by atoms with van der Waals surface area (Å²) in [4.78, 5) is 0. The molecule has 0 heterocycles. The van der Waals surface area contributed by atoms with E-state index in [2.05, 4.69) is 244 Å². The third kappa shape index (κ3) is 23.3. The van der Waals surface area contributed by atoms with Gasteiger partial charge in [0.25, 0.3) is 0 Å². The average Bonchev–Trinajstić information content (AvgIpc) is 3.72. The number of rotatable bonds is 4. The Kier molecular flexibility index (Phi) is 42.4. The van der Waals surface area contributed by atoms with Crippen LogP contribution < -0.4 is 20.7 Å². The van der Waals surface area contributed by atoms with Gasteiger partial charge in [0.1, 0.15) is 0 Å². The zero-order chi connectivity index (χ0) is 53.0. The van der Waals surface area contributed by atoms with Crippen molar-refractivity contribution in [2.45, 2.75) is 224 Å². The maximum atomic E-state index is 2.43. The van der Waals surface area contributed by atoms with Crippen LogP contribution in [0.3, 0.4) is 0 Å². The second kappa shape index (κ2) is 35.0. The smallest absolute Gasteiger partial charge is 1.00 e. The maximum absolute atomic E-state index is 2.43. The molecule has 0 spiro atoms. The molecule has 0 fully saturated rings. The van der Waals surface area contributed by atoms with Gasteiger partial charge in [0, 0.05) is 32.3 Å². The van der Waals surface area contributed by atoms with Crippen molar-refractivity contribution >= 4 is 61.0 Å². The molecule has 10 heteroatoms. The standard InChI is InChI=1S/4C12H21Si.C10H15.C3H9P.4Dy.Mo.11H/c4*1-8-9(2)11(4)12(10(8)3)13(5,6)7;1-6-7(2)9(4)10(5)8(6)3;1-4(2)3;;;;;;;;;;;;;;;;/h4*1-7H3;1-5H3;1-3H3;;;;;;;;;;;;;;;;/q5*-1;;4*+3;+4;11*-1. The van der Waals surface area contributed by atoms with Gasteiger partial charge in [-0.3, -0.25) is 0 Å². The topological polar surface area (TPSA) is 0 Å². The molecular weight excluding hydrogens is 1620 g/mol. The second-order valence-electron chi connectivity index (χ2n) is 25.0. The molecule has 4 radical (unpaired) electrons. The third-order valence-electron chi connectivity index (χ3n) is 15.6. The van der Waals surface area contributed by atoms with Crippen LogP contribution in [0.15, 0.2) is 0 Å². The molecule has 0 aliphatic carbocycles. The van der Waals surface area contributed by atoms with Crippen molar-refractivity contribution in [3.05, 3.63) is 117 Å². The van der Waals surface area contributed by atoms with Gasteiger partial charge >= 0.3 is 174 Å². The Labute approximate surface area is 602 Å². The van der Waals surface area contributed by atoms with Crippen molar-refractivity contribution < 1.29 is 189 Å². The zero-order valence-corrected chi connectivity index (χ0v) is 67.6. The SMILES string of the molecule is CP(C)C.Cc1c(C)c(C)[c-](C)c1C.Cc1c(C)c(C)[c-]([Si](C)(C)C)c1C.Cc1c(C)c(C)[c-]([Si](C)(C)C)c1C.Cc1c(C)c(C)[c-]([Si](C)(C)C)c1C.Cc1c(C)c(C)[c-]([Si](C)(C)C)c1C.[Dy+3].[Dy+3].[Dy+3].[Dy+3].[H-].[H-].[H-].[H-].[H-].[H-].[H-].[H-].[H-].[H-].[H-].[Mo+4]. The summed E-state index contributed by atoms with van der Waals surface area (Å²) in [6.45, 7) is 83.1. The van der Waals surface area contributed by atoms with Gasteiger partial charge in [-0.2, -0.15) is 138 Å². The first-order chi connectivity index (χ1) is 29.3. The molecule has 0 amide bonds. The molecule has 0 saturated carbocycles. The molecule has 430 valence electrons. The Hall–Kier alpha value is 3.83. The van der Waals surface area contributed by atoms with Gasteiger partial charge in [-0.05, 0) is 20.0 Å². The summed E-state index contributed by atoms with van der Waals surface area (Å²) in [5, 5.41) is 6.73. The van der Waals surface area contributed by atoms with Crippen molar-refractivity contribution in [1.29, 1.82) is 0 Å². The van der Waals surface area contributed by atoms with Crippen LogP contribution in [0.4, 0.5) is 0 Å². The summed E-state index contributed by atoms with van der Waals surface area (Å²) in [6.07, 6.45) is 0. The van der Waals surface area contributed by atoms with E-state index in [9.17, 15) is 0 Å². The second-order valence-corrected chi connectivity index (χ2v) is 47.6. The van der Waals surface area contributed by atoms with E-state index in [1.54, 1.807) is 65.3 Å². The number of hydrogen-bond donors (Lipinski definition) is 0. The van der Waals surface area contributed by atoms with Crippen molar-refractivity contribution in [1.82, 2.24) is 0 Å². The van der Waals surface area contributed by atoms with E-state index in [4.69, 9.17) is 0 Å². The molecule has 0 aliphatic heterocycles. The first kappa shape index (κ1) is 86.1. The fraction of sp³-hybridized carbons (Fsp3) is 0.590. The van der Waals surface area contributed by atoms with Gasteiger partial charge in [0.15, 0.2) is 0 Å². The summed E-state index contributed by atoms with van der Waals surface area (Å²) >= 11 is 0. The van der Waals surface area contributed by atoms with Crippen LogP contribution in [0.25, 0.3) is 0 Å². The number of hydrogen-bond acceptors (Lipinski definition) is 0. The first-order valence-electron chi connectivity index (χ1n) is 25.1. The van der Waals surface area contributed by atoms with E-state index in [1.165, 1.54) is 72.3 Å². The molecule has 5 aromatic rings. The third-order valence-corrected chi connectivity index (χ3v) is 24.6. The van der Waals surface area contributed by atoms with Crippen molar-refractivity contribution in [3.63, 3.8) is 0 Å². The summed E-state index contributed by atoms with van der Waals surface area (Å²) in [5.41, 5.74) is 31.8. The quantitative estimate of drug-likeness (QED) is 0.0956. The average molecular weight is 1740 g/mol. The van der Waals surface area contributed by atoms with Crippen LogP contribution in [0.2, 0.25) is 78.6 Å². The monoisotopic (exact) mass is 1750 g/mol. The fourth-order valence-electron chi connectivity index (χ4n) is 10.8. The summed E-state index contributed by atoms with van der Waals surface area (Å²) < 4.78 is 0. The Balaban J connectivity index is -0.0000000403. The predicted octanol–water partition coefficient (Wildman–Crippen LogP) is 18.3. The molecule has 0 nitrogen and oxygen atoms in total. The molecule has 0 bridgehead atoms. The predicted molar refractivity (Wildman–Crippen MR) is 338 cm³/mol. The largest absolute Gasteiger partial charge is 4.00 e. The minimum Gasteiger partial charge on any atom is -1.00 e. The summed E-state index contributed by atoms with van der Waals surface area (Å²) in [5.74, 6) is 0. The fourth-order valence-corrected chi connectivity index (χ4v) is 21.3. The normalized spacial score (nSPS) is 10.9. The Morgan fingerprint density at radius 1 is 0.254 bits per heavy atom. The van der Waals surface area contributed by atoms with Gasteiger partial charge in [0.2, 0.25) is 0 Å². The van der Waals surface area contributed by atoms with Crippen LogP contribution >= 0.6 is 7.92 Å². The van der Waals surface area contributed by atoms with Gasteiger partial charge in [-0.15, -0.1) is 7.92 Å². The van der Waals surface area contributed by atoms with Crippen LogP contribution in [-0.2, 0) is 21.1 Å². The molecule has 0 atom stereocenters. The molecule has 0 aromatic heterocycles. The minimum absolute atomic E-state index is 0. The Morgan fingerprint density at radius 3 is 0.380 bits per heavy atom. The molecule has 0 aliphatic rings. The maximum Gasteiger partial charge on any atom is 4.00 e. The van der Waals surface area contributed by atoms with Crippen LogP contribution in [0, 0.1) is 298 Å². The summed E-state index contributed by atoms with van der Waals surface area (Å²) in [6, 6.07) is 0. The zero-order valence-electron chi connectivity index (χ0n) is 63.6. The molecule has 0 N–H and O–H groups in total. The van der Waals surface area contributed by atoms with Crippen molar-refractivity contribution in [3.8, 4) is 0 Å². The molecule has 5 rings (SSSR count). The van der Waals surface area contributed by atoms with Crippen LogP contribution in [-0.4, -0.2) is 52.3 Å². The summed E-state index contributed by atoms with van der Waals surface area (Å²) in [7, 11) is -4.15. The van der Waals surface area contributed by atoms with Gasteiger partial charge in [-0.25, -0.2) is 0 Å². The molecule has 71 heavy (non-hydrogen) atoms. The molecule has 0 unspecified atom stereocenters. The first-order valence-corrected chi connectivity index (χ1v) is 41.8. The van der Waals surface area contributed by atoms with E-state index in [0.717, 1.165) is 0 Å². The van der Waals surface area contributed by atoms with E-state index >= 15 is 0 Å². The molecule has 5 aromatic carbocycles. The van der Waals surface area contributed by atoms with E-state index < -0.39 is 32.3 Å². The molecule has 0 saturated heterocycles. The van der Waals surface area contributed by atoms with Gasteiger partial charge in [-0.1, -0.05) is 224 Å². The van der Waals surface area contributed by atoms with E-state index in [-0.39, 0.29) is 189 Å². The minimum atomic E-state index is -1.13. The Bertz CT molecular complexity index is 1990.